The molecule has 1 heterocycles. The largest absolute Gasteiger partial charge is 0.421 e. The van der Waals surface area contributed by atoms with Gasteiger partial charge in [0.25, 0.3) is 0 Å². The summed E-state index contributed by atoms with van der Waals surface area (Å²) in [6.45, 7) is 0. The van der Waals surface area contributed by atoms with Gasteiger partial charge in [0.05, 0.1) is 5.02 Å². The van der Waals surface area contributed by atoms with E-state index in [1.165, 1.54) is 0 Å². The maximum Gasteiger partial charge on any atom is 0.310 e. The van der Waals surface area contributed by atoms with Crippen molar-refractivity contribution in [2.45, 2.75) is 0 Å². The van der Waals surface area contributed by atoms with Gasteiger partial charge in [-0.05, 0) is 12.1 Å². The summed E-state index contributed by atoms with van der Waals surface area (Å²) in [7, 11) is 0. The van der Waals surface area contributed by atoms with Crippen LogP contribution in [0.15, 0.2) is 16.5 Å². The number of anilines is 1. The molecule has 6 heteroatoms. The van der Waals surface area contributed by atoms with Gasteiger partial charge in [-0.1, -0.05) is 23.2 Å². The highest BCUT2D eigenvalue weighted by Crippen LogP contribution is 2.31. The lowest BCUT2D eigenvalue weighted by molar-refractivity contribution is 0.617. The summed E-state index contributed by atoms with van der Waals surface area (Å²) in [5.74, 6) is 5.12. The first kappa shape index (κ1) is 8.62. The fraction of sp³-hybridized carbons (Fsp3) is 0. The minimum Gasteiger partial charge on any atom is -0.421 e. The third-order valence-electron chi connectivity index (χ3n) is 1.57. The zero-order valence-electron chi connectivity index (χ0n) is 6.34. The lowest BCUT2D eigenvalue weighted by Crippen LogP contribution is -2.06. The lowest BCUT2D eigenvalue weighted by atomic mass is 10.3. The number of fused-ring (bicyclic) bond motifs is 1. The SMILES string of the molecule is NNc1nc2ccc(Cl)c(Cl)c2o1. The van der Waals surface area contributed by atoms with E-state index in [-0.39, 0.29) is 6.01 Å². The van der Waals surface area contributed by atoms with Crippen molar-refractivity contribution >= 4 is 40.3 Å². The van der Waals surface area contributed by atoms with Gasteiger partial charge in [-0.3, -0.25) is 5.43 Å². The van der Waals surface area contributed by atoms with Gasteiger partial charge in [-0.25, -0.2) is 5.84 Å². The van der Waals surface area contributed by atoms with Crippen LogP contribution < -0.4 is 11.3 Å². The molecule has 0 atom stereocenters. The van der Waals surface area contributed by atoms with Gasteiger partial charge >= 0.3 is 6.01 Å². The number of nitrogens with two attached hydrogens (primary N) is 1. The van der Waals surface area contributed by atoms with E-state index in [0.29, 0.717) is 21.1 Å². The average molecular weight is 218 g/mol. The second-order valence-electron chi connectivity index (χ2n) is 2.37. The molecule has 1 aromatic heterocycles. The summed E-state index contributed by atoms with van der Waals surface area (Å²) in [6, 6.07) is 3.56. The number of rotatable bonds is 1. The monoisotopic (exact) mass is 217 g/mol. The highest BCUT2D eigenvalue weighted by Gasteiger charge is 2.10. The summed E-state index contributed by atoms with van der Waals surface area (Å²) < 4.78 is 5.17. The number of hydrogen-bond donors (Lipinski definition) is 2. The molecule has 0 fully saturated rings. The van der Waals surface area contributed by atoms with Crippen LogP contribution in [0.25, 0.3) is 11.1 Å². The first-order chi connectivity index (χ1) is 6.22. The van der Waals surface area contributed by atoms with Gasteiger partial charge in [0.2, 0.25) is 0 Å². The van der Waals surface area contributed by atoms with Crippen LogP contribution in [0.1, 0.15) is 0 Å². The molecule has 0 radical (unpaired) electrons. The quantitative estimate of drug-likeness (QED) is 0.569. The molecular formula is C7H5Cl2N3O. The van der Waals surface area contributed by atoms with Crippen molar-refractivity contribution in [1.29, 1.82) is 0 Å². The molecule has 0 aliphatic heterocycles. The summed E-state index contributed by atoms with van der Waals surface area (Å²) >= 11 is 11.6. The molecule has 0 aliphatic rings. The number of nitrogens with zero attached hydrogens (tertiary/aromatic N) is 1. The Morgan fingerprint density at radius 2 is 2.15 bits per heavy atom. The molecule has 0 saturated heterocycles. The minimum atomic E-state index is 0.208. The number of nitrogen functional groups attached to an aromatic ring is 1. The number of benzene rings is 1. The van der Waals surface area contributed by atoms with Crippen LogP contribution in [0.2, 0.25) is 10.0 Å². The number of hydrogen-bond acceptors (Lipinski definition) is 4. The molecular weight excluding hydrogens is 213 g/mol. The maximum atomic E-state index is 5.86. The van der Waals surface area contributed by atoms with Crippen molar-refractivity contribution in [3.8, 4) is 0 Å². The van der Waals surface area contributed by atoms with E-state index < -0.39 is 0 Å². The number of nitrogens with one attached hydrogen (secondary N) is 1. The topological polar surface area (TPSA) is 64.1 Å². The van der Waals surface area contributed by atoms with Crippen molar-refractivity contribution in [2.75, 3.05) is 5.43 Å². The van der Waals surface area contributed by atoms with E-state index in [1.807, 2.05) is 0 Å². The second-order valence-corrected chi connectivity index (χ2v) is 3.16. The Morgan fingerprint density at radius 1 is 1.38 bits per heavy atom. The Morgan fingerprint density at radius 3 is 2.85 bits per heavy atom. The molecule has 0 amide bonds. The van der Waals surface area contributed by atoms with Crippen molar-refractivity contribution in [3.63, 3.8) is 0 Å². The number of halogens is 2. The summed E-state index contributed by atoms with van der Waals surface area (Å²) in [6.07, 6.45) is 0. The molecule has 3 N–H and O–H groups in total. The Bertz CT molecular complexity index is 454. The van der Waals surface area contributed by atoms with E-state index in [2.05, 4.69) is 10.4 Å². The Hall–Kier alpha value is -0.970. The second kappa shape index (κ2) is 3.06. The molecule has 0 unspecified atom stereocenters. The Kier molecular flexibility index (Phi) is 2.03. The molecule has 0 spiro atoms. The molecule has 0 aliphatic carbocycles. The molecule has 68 valence electrons. The third kappa shape index (κ3) is 1.33. The van der Waals surface area contributed by atoms with E-state index in [4.69, 9.17) is 33.5 Å². The van der Waals surface area contributed by atoms with Crippen LogP contribution in [0.5, 0.6) is 0 Å². The highest BCUT2D eigenvalue weighted by molar-refractivity contribution is 6.44. The number of hydrazine groups is 1. The molecule has 2 aromatic rings. The van der Waals surface area contributed by atoms with E-state index in [0.717, 1.165) is 0 Å². The minimum absolute atomic E-state index is 0.208. The summed E-state index contributed by atoms with van der Waals surface area (Å²) in [4.78, 5) is 3.99. The zero-order chi connectivity index (χ0) is 9.42. The predicted octanol–water partition coefficient (Wildman–Crippen LogP) is 2.42. The van der Waals surface area contributed by atoms with Gasteiger partial charge < -0.3 is 4.42 Å². The van der Waals surface area contributed by atoms with Gasteiger partial charge in [-0.15, -0.1) is 0 Å². The zero-order valence-corrected chi connectivity index (χ0v) is 7.86. The van der Waals surface area contributed by atoms with E-state index in [9.17, 15) is 0 Å². The average Bonchev–Trinajstić information content (AvgIpc) is 2.55. The standard InChI is InChI=1S/C7H5Cl2N3O/c8-3-1-2-4-6(5(3)9)13-7(11-4)12-10/h1-2H,10H2,(H,11,12). The first-order valence-corrected chi connectivity index (χ1v) is 4.19. The van der Waals surface area contributed by atoms with E-state index in [1.54, 1.807) is 12.1 Å². The van der Waals surface area contributed by atoms with Gasteiger partial charge in [0.1, 0.15) is 10.5 Å². The smallest absolute Gasteiger partial charge is 0.310 e. The van der Waals surface area contributed by atoms with Gasteiger partial charge in [0, 0.05) is 0 Å². The van der Waals surface area contributed by atoms with Crippen molar-refractivity contribution in [1.82, 2.24) is 4.98 Å². The maximum absolute atomic E-state index is 5.86. The van der Waals surface area contributed by atoms with E-state index >= 15 is 0 Å². The highest BCUT2D eigenvalue weighted by atomic mass is 35.5. The summed E-state index contributed by atoms with van der Waals surface area (Å²) in [5, 5.41) is 0.766. The van der Waals surface area contributed by atoms with Crippen molar-refractivity contribution < 1.29 is 4.42 Å². The van der Waals surface area contributed by atoms with Crippen LogP contribution in [0.3, 0.4) is 0 Å². The van der Waals surface area contributed by atoms with Gasteiger partial charge in [-0.2, -0.15) is 4.98 Å². The van der Waals surface area contributed by atoms with Crippen LogP contribution in [0.4, 0.5) is 6.01 Å². The van der Waals surface area contributed by atoms with Crippen LogP contribution in [0, 0.1) is 0 Å². The molecule has 0 bridgehead atoms. The van der Waals surface area contributed by atoms with Crippen molar-refractivity contribution in [2.24, 2.45) is 5.84 Å². The van der Waals surface area contributed by atoms with Gasteiger partial charge in [0.15, 0.2) is 5.58 Å². The third-order valence-corrected chi connectivity index (χ3v) is 2.36. The van der Waals surface area contributed by atoms with Crippen LogP contribution in [-0.4, -0.2) is 4.98 Å². The predicted molar refractivity (Wildman–Crippen MR) is 51.8 cm³/mol. The Labute approximate surface area is 83.6 Å². The molecule has 2 rings (SSSR count). The molecule has 1 aromatic carbocycles. The first-order valence-electron chi connectivity index (χ1n) is 3.43. The fourth-order valence-corrected chi connectivity index (χ4v) is 1.34. The summed E-state index contributed by atoms with van der Waals surface area (Å²) in [5.41, 5.74) is 3.33. The molecule has 4 nitrogen and oxygen atoms in total. The molecule has 0 saturated carbocycles. The van der Waals surface area contributed by atoms with Crippen LogP contribution in [-0.2, 0) is 0 Å². The molecule has 13 heavy (non-hydrogen) atoms. The van der Waals surface area contributed by atoms with Crippen molar-refractivity contribution in [3.05, 3.63) is 22.2 Å². The lowest BCUT2D eigenvalue weighted by Gasteiger charge is -1.92. The van der Waals surface area contributed by atoms with Crippen LogP contribution >= 0.6 is 23.2 Å². The fourth-order valence-electron chi connectivity index (χ4n) is 0.998. The number of aromatic nitrogens is 1. The normalized spacial score (nSPS) is 10.7. The Balaban J connectivity index is 2.76. The number of oxazole rings is 1.